The SMILES string of the molecule is CC(=O)NCC1CN(c2ccc(/C=C3/C(=O)Nc4ccccc43)c(F)c2)C(=O)O1. The van der Waals surface area contributed by atoms with Gasteiger partial charge in [0.25, 0.3) is 5.91 Å². The van der Waals surface area contributed by atoms with Crippen molar-refractivity contribution in [3.8, 4) is 0 Å². The van der Waals surface area contributed by atoms with Crippen molar-refractivity contribution in [2.24, 2.45) is 0 Å². The van der Waals surface area contributed by atoms with Crippen molar-refractivity contribution in [1.82, 2.24) is 5.32 Å². The number of fused-ring (bicyclic) bond motifs is 1. The molecule has 29 heavy (non-hydrogen) atoms. The summed E-state index contributed by atoms with van der Waals surface area (Å²) in [5.74, 6) is -1.08. The molecule has 1 fully saturated rings. The van der Waals surface area contributed by atoms with Gasteiger partial charge >= 0.3 is 6.09 Å². The van der Waals surface area contributed by atoms with Crippen LogP contribution in [0.3, 0.4) is 0 Å². The summed E-state index contributed by atoms with van der Waals surface area (Å²) in [6, 6.07) is 11.5. The molecule has 2 aromatic rings. The zero-order valence-corrected chi connectivity index (χ0v) is 15.6. The zero-order valence-electron chi connectivity index (χ0n) is 15.6. The summed E-state index contributed by atoms with van der Waals surface area (Å²) < 4.78 is 19.9. The summed E-state index contributed by atoms with van der Waals surface area (Å²) in [6.07, 6.45) is 0.382. The fourth-order valence-corrected chi connectivity index (χ4v) is 3.33. The van der Waals surface area contributed by atoms with Gasteiger partial charge in [-0.1, -0.05) is 18.2 Å². The first kappa shape index (κ1) is 18.7. The first-order valence-corrected chi connectivity index (χ1v) is 9.07. The van der Waals surface area contributed by atoms with Gasteiger partial charge in [0.05, 0.1) is 18.8 Å². The van der Waals surface area contributed by atoms with Gasteiger partial charge in [-0.15, -0.1) is 0 Å². The largest absolute Gasteiger partial charge is 0.442 e. The summed E-state index contributed by atoms with van der Waals surface area (Å²) >= 11 is 0. The molecule has 7 nitrogen and oxygen atoms in total. The minimum atomic E-state index is -0.602. The molecule has 8 heteroatoms. The van der Waals surface area contributed by atoms with Crippen LogP contribution in [-0.2, 0) is 14.3 Å². The minimum absolute atomic E-state index is 0.193. The lowest BCUT2D eigenvalue weighted by Crippen LogP contribution is -2.33. The number of benzene rings is 2. The van der Waals surface area contributed by atoms with E-state index in [1.54, 1.807) is 18.2 Å². The number of ether oxygens (including phenoxy) is 1. The molecule has 2 aromatic carbocycles. The summed E-state index contributed by atoms with van der Waals surface area (Å²) in [5, 5.41) is 5.34. The standard InChI is InChI=1S/C21H18FN3O4/c1-12(26)23-10-15-11-25(21(28)29-15)14-7-6-13(18(22)9-14)8-17-16-4-2-3-5-19(16)24-20(17)27/h2-9,15H,10-11H2,1H3,(H,23,26)(H,24,27)/b17-8+. The first-order valence-electron chi connectivity index (χ1n) is 9.07. The second kappa shape index (κ2) is 7.38. The summed E-state index contributed by atoms with van der Waals surface area (Å²) in [6.45, 7) is 1.77. The summed E-state index contributed by atoms with van der Waals surface area (Å²) in [5.41, 5.74) is 2.35. The molecule has 0 aliphatic carbocycles. The quantitative estimate of drug-likeness (QED) is 0.780. The van der Waals surface area contributed by atoms with Crippen LogP contribution in [0.2, 0.25) is 0 Å². The number of hydrogen-bond acceptors (Lipinski definition) is 4. The Balaban J connectivity index is 1.56. The molecule has 0 radical (unpaired) electrons. The molecule has 0 bridgehead atoms. The van der Waals surface area contributed by atoms with Gasteiger partial charge in [0, 0.05) is 29.3 Å². The van der Waals surface area contributed by atoms with Gasteiger partial charge in [0.2, 0.25) is 5.91 Å². The Kier molecular flexibility index (Phi) is 4.75. The molecule has 0 saturated carbocycles. The fourth-order valence-electron chi connectivity index (χ4n) is 3.33. The number of halogens is 1. The van der Waals surface area contributed by atoms with Gasteiger partial charge in [-0.25, -0.2) is 9.18 Å². The number of anilines is 2. The van der Waals surface area contributed by atoms with Crippen molar-refractivity contribution in [1.29, 1.82) is 0 Å². The van der Waals surface area contributed by atoms with Crippen LogP contribution in [0.1, 0.15) is 18.1 Å². The second-order valence-electron chi connectivity index (χ2n) is 6.82. The molecule has 1 atom stereocenters. The highest BCUT2D eigenvalue weighted by atomic mass is 19.1. The lowest BCUT2D eigenvalue weighted by atomic mass is 10.0. The molecular weight excluding hydrogens is 377 g/mol. The average Bonchev–Trinajstić information content (AvgIpc) is 3.21. The second-order valence-corrected chi connectivity index (χ2v) is 6.82. The third-order valence-electron chi connectivity index (χ3n) is 4.76. The smallest absolute Gasteiger partial charge is 0.414 e. The van der Waals surface area contributed by atoms with Gasteiger partial charge in [-0.3, -0.25) is 14.5 Å². The molecule has 1 saturated heterocycles. The Hall–Kier alpha value is -3.68. The van der Waals surface area contributed by atoms with Crippen molar-refractivity contribution >= 4 is 40.9 Å². The Labute approximate surface area is 166 Å². The topological polar surface area (TPSA) is 87.7 Å². The third kappa shape index (κ3) is 3.69. The number of nitrogens with zero attached hydrogens (tertiary/aromatic N) is 1. The lowest BCUT2D eigenvalue weighted by molar-refractivity contribution is -0.119. The molecular formula is C21H18FN3O4. The maximum absolute atomic E-state index is 14.7. The lowest BCUT2D eigenvalue weighted by Gasteiger charge is -2.14. The van der Waals surface area contributed by atoms with E-state index >= 15 is 0 Å². The molecule has 148 valence electrons. The maximum Gasteiger partial charge on any atom is 0.414 e. The average molecular weight is 395 g/mol. The highest BCUT2D eigenvalue weighted by Crippen LogP contribution is 2.33. The molecule has 0 aromatic heterocycles. The predicted octanol–water partition coefficient (Wildman–Crippen LogP) is 2.78. The third-order valence-corrected chi connectivity index (χ3v) is 4.76. The van der Waals surface area contributed by atoms with Crippen molar-refractivity contribution in [3.05, 3.63) is 59.4 Å². The van der Waals surface area contributed by atoms with Crippen LogP contribution in [-0.4, -0.2) is 37.1 Å². The Bertz CT molecular complexity index is 1050. The number of amides is 3. The van der Waals surface area contributed by atoms with Crippen molar-refractivity contribution in [2.45, 2.75) is 13.0 Å². The van der Waals surface area contributed by atoms with E-state index in [9.17, 15) is 18.8 Å². The number of rotatable bonds is 4. The Morgan fingerprint density at radius 1 is 1.31 bits per heavy atom. The van der Waals surface area contributed by atoms with Gasteiger partial charge < -0.3 is 15.4 Å². The number of para-hydroxylation sites is 1. The molecule has 2 aliphatic heterocycles. The summed E-state index contributed by atoms with van der Waals surface area (Å²) in [4.78, 5) is 36.6. The van der Waals surface area contributed by atoms with E-state index in [2.05, 4.69) is 10.6 Å². The fraction of sp³-hybridized carbons (Fsp3) is 0.190. The van der Waals surface area contributed by atoms with Crippen LogP contribution in [0.25, 0.3) is 11.6 Å². The van der Waals surface area contributed by atoms with Gasteiger partial charge in [0.1, 0.15) is 11.9 Å². The van der Waals surface area contributed by atoms with E-state index in [0.717, 1.165) is 0 Å². The van der Waals surface area contributed by atoms with Crippen molar-refractivity contribution < 1.29 is 23.5 Å². The summed E-state index contributed by atoms with van der Waals surface area (Å²) in [7, 11) is 0. The number of nitrogens with one attached hydrogen (secondary N) is 2. The molecule has 1 unspecified atom stereocenters. The minimum Gasteiger partial charge on any atom is -0.442 e. The molecule has 0 spiro atoms. The molecule has 2 heterocycles. The Morgan fingerprint density at radius 3 is 2.86 bits per heavy atom. The van der Waals surface area contributed by atoms with Gasteiger partial charge in [-0.2, -0.15) is 0 Å². The van der Waals surface area contributed by atoms with Gasteiger partial charge in [0.15, 0.2) is 0 Å². The predicted molar refractivity (Wildman–Crippen MR) is 106 cm³/mol. The van der Waals surface area contributed by atoms with E-state index in [0.29, 0.717) is 22.5 Å². The first-order chi connectivity index (χ1) is 13.9. The van der Waals surface area contributed by atoms with Crippen molar-refractivity contribution in [3.63, 3.8) is 0 Å². The molecule has 2 aliphatic rings. The van der Waals surface area contributed by atoms with E-state index in [4.69, 9.17) is 4.74 Å². The number of hydrogen-bond donors (Lipinski definition) is 2. The number of cyclic esters (lactones) is 1. The van der Waals surface area contributed by atoms with Crippen LogP contribution in [0.4, 0.5) is 20.6 Å². The Morgan fingerprint density at radius 2 is 2.10 bits per heavy atom. The number of carbonyl (C=O) groups is 3. The van der Waals surface area contributed by atoms with Crippen LogP contribution in [0.15, 0.2) is 42.5 Å². The zero-order chi connectivity index (χ0) is 20.5. The van der Waals surface area contributed by atoms with Crippen LogP contribution in [0, 0.1) is 5.82 Å². The normalized spacial score (nSPS) is 19.2. The van der Waals surface area contributed by atoms with E-state index in [1.165, 1.54) is 30.0 Å². The highest BCUT2D eigenvalue weighted by Gasteiger charge is 2.32. The van der Waals surface area contributed by atoms with E-state index in [-0.39, 0.29) is 30.5 Å². The van der Waals surface area contributed by atoms with Crippen molar-refractivity contribution in [2.75, 3.05) is 23.3 Å². The molecule has 2 N–H and O–H groups in total. The number of carbonyl (C=O) groups excluding carboxylic acids is 3. The van der Waals surface area contributed by atoms with Crippen LogP contribution in [0.5, 0.6) is 0 Å². The van der Waals surface area contributed by atoms with E-state index < -0.39 is 18.0 Å². The van der Waals surface area contributed by atoms with Crippen LogP contribution < -0.4 is 15.5 Å². The van der Waals surface area contributed by atoms with Gasteiger partial charge in [-0.05, 0) is 30.3 Å². The van der Waals surface area contributed by atoms with E-state index in [1.807, 2.05) is 12.1 Å². The molecule has 4 rings (SSSR count). The highest BCUT2D eigenvalue weighted by molar-refractivity contribution is 6.34. The monoisotopic (exact) mass is 395 g/mol. The molecule has 3 amide bonds. The maximum atomic E-state index is 14.7. The van der Waals surface area contributed by atoms with Crippen LogP contribution >= 0.6 is 0 Å².